The number of hydrogen-bond acceptors (Lipinski definition) is 3. The van der Waals surface area contributed by atoms with E-state index in [-0.39, 0.29) is 30.1 Å². The zero-order valence-corrected chi connectivity index (χ0v) is 18.9. The normalized spacial score (nSPS) is 16.8. The van der Waals surface area contributed by atoms with Crippen LogP contribution >= 0.6 is 24.0 Å². The lowest BCUT2D eigenvalue weighted by atomic mass is 10.1. The number of hydrogen-bond donors (Lipinski definition) is 1. The van der Waals surface area contributed by atoms with Gasteiger partial charge in [-0.25, -0.2) is 4.99 Å². The molecule has 1 saturated heterocycles. The van der Waals surface area contributed by atoms with Gasteiger partial charge in [-0.2, -0.15) is 0 Å². The predicted octanol–water partition coefficient (Wildman–Crippen LogP) is 3.85. The number of guanidine groups is 1. The molecule has 0 aliphatic carbocycles. The second-order valence-electron chi connectivity index (χ2n) is 6.53. The second-order valence-corrected chi connectivity index (χ2v) is 6.53. The van der Waals surface area contributed by atoms with E-state index in [0.717, 1.165) is 56.4 Å². The Hall–Kier alpha value is -1.02. The summed E-state index contributed by atoms with van der Waals surface area (Å²) < 4.78 is 11.8. The number of para-hydroxylation sites is 1. The molecule has 0 bridgehead atoms. The average molecular weight is 475 g/mol. The van der Waals surface area contributed by atoms with Crippen molar-refractivity contribution in [2.45, 2.75) is 52.7 Å². The van der Waals surface area contributed by atoms with Crippen LogP contribution in [-0.4, -0.2) is 55.9 Å². The van der Waals surface area contributed by atoms with Crippen molar-refractivity contribution >= 4 is 29.9 Å². The van der Waals surface area contributed by atoms with Gasteiger partial charge in [0.1, 0.15) is 11.9 Å². The van der Waals surface area contributed by atoms with Crippen molar-refractivity contribution in [2.24, 2.45) is 4.99 Å². The number of aliphatic imine (C=N–C) groups is 1. The maximum atomic E-state index is 6.04. The van der Waals surface area contributed by atoms with Crippen molar-refractivity contribution in [1.29, 1.82) is 0 Å². The minimum Gasteiger partial charge on any atom is -0.489 e. The molecule has 5 nitrogen and oxygen atoms in total. The summed E-state index contributed by atoms with van der Waals surface area (Å²) in [5, 5.41) is 3.41. The van der Waals surface area contributed by atoms with E-state index in [2.05, 4.69) is 44.0 Å². The first-order valence-electron chi connectivity index (χ1n) is 9.51. The highest BCUT2D eigenvalue weighted by Crippen LogP contribution is 2.18. The van der Waals surface area contributed by atoms with E-state index in [9.17, 15) is 0 Å². The minimum absolute atomic E-state index is 0. The molecular weight excluding hydrogens is 441 g/mol. The van der Waals surface area contributed by atoms with Crippen LogP contribution in [0, 0.1) is 6.92 Å². The molecule has 1 aliphatic heterocycles. The van der Waals surface area contributed by atoms with Crippen molar-refractivity contribution in [3.05, 3.63) is 29.8 Å². The number of halogens is 1. The van der Waals surface area contributed by atoms with Crippen LogP contribution in [-0.2, 0) is 4.74 Å². The van der Waals surface area contributed by atoms with Gasteiger partial charge >= 0.3 is 0 Å². The largest absolute Gasteiger partial charge is 0.489 e. The highest BCUT2D eigenvalue weighted by molar-refractivity contribution is 14.0. The molecule has 1 atom stereocenters. The Morgan fingerprint density at radius 3 is 2.58 bits per heavy atom. The monoisotopic (exact) mass is 475 g/mol. The lowest BCUT2D eigenvalue weighted by molar-refractivity contribution is 0.0263. The van der Waals surface area contributed by atoms with Gasteiger partial charge in [-0.15, -0.1) is 24.0 Å². The molecular formula is C20H34IN3O2. The third-order valence-electron chi connectivity index (χ3n) is 4.40. The van der Waals surface area contributed by atoms with Crippen LogP contribution in [0.3, 0.4) is 0 Å². The van der Waals surface area contributed by atoms with Crippen molar-refractivity contribution in [1.82, 2.24) is 10.2 Å². The molecule has 2 rings (SSSR count). The first kappa shape index (κ1) is 23.0. The van der Waals surface area contributed by atoms with Crippen LogP contribution in [0.5, 0.6) is 5.75 Å². The number of rotatable bonds is 7. The zero-order chi connectivity index (χ0) is 18.1. The Morgan fingerprint density at radius 2 is 1.96 bits per heavy atom. The van der Waals surface area contributed by atoms with Crippen molar-refractivity contribution < 1.29 is 9.47 Å². The van der Waals surface area contributed by atoms with Gasteiger partial charge < -0.3 is 19.7 Å². The summed E-state index contributed by atoms with van der Waals surface area (Å²) in [5.41, 5.74) is 1.16. The molecule has 1 aliphatic rings. The molecule has 0 aromatic heterocycles. The SMILES string of the molecule is CCNC(=NCC(C)Oc1ccccc1C)N1CCC(OCC)CC1.I. The molecule has 0 spiro atoms. The number of aryl methyl sites for hydroxylation is 1. The van der Waals surface area contributed by atoms with Crippen molar-refractivity contribution in [2.75, 3.05) is 32.8 Å². The summed E-state index contributed by atoms with van der Waals surface area (Å²) in [6.45, 7) is 12.6. The minimum atomic E-state index is 0. The number of likely N-dealkylation sites (tertiary alicyclic amines) is 1. The van der Waals surface area contributed by atoms with E-state index in [1.165, 1.54) is 0 Å². The number of nitrogens with one attached hydrogen (secondary N) is 1. The Morgan fingerprint density at radius 1 is 1.27 bits per heavy atom. The first-order chi connectivity index (χ1) is 12.1. The highest BCUT2D eigenvalue weighted by atomic mass is 127. The van der Waals surface area contributed by atoms with E-state index >= 15 is 0 Å². The Labute approximate surface area is 175 Å². The summed E-state index contributed by atoms with van der Waals surface area (Å²) in [6, 6.07) is 8.11. The van der Waals surface area contributed by atoms with Gasteiger partial charge in [0.25, 0.3) is 0 Å². The lowest BCUT2D eigenvalue weighted by Gasteiger charge is -2.34. The molecule has 148 valence electrons. The molecule has 1 N–H and O–H groups in total. The average Bonchev–Trinajstić information content (AvgIpc) is 2.62. The van der Waals surface area contributed by atoms with Gasteiger partial charge in [0.2, 0.25) is 0 Å². The van der Waals surface area contributed by atoms with Gasteiger partial charge in [0, 0.05) is 26.2 Å². The smallest absolute Gasteiger partial charge is 0.194 e. The molecule has 1 fully saturated rings. The zero-order valence-electron chi connectivity index (χ0n) is 16.5. The molecule has 0 amide bonds. The summed E-state index contributed by atoms with van der Waals surface area (Å²) in [6.07, 6.45) is 2.56. The highest BCUT2D eigenvalue weighted by Gasteiger charge is 2.21. The van der Waals surface area contributed by atoms with Crippen molar-refractivity contribution in [3.8, 4) is 5.75 Å². The predicted molar refractivity (Wildman–Crippen MR) is 119 cm³/mol. The van der Waals surface area contributed by atoms with Gasteiger partial charge in [-0.3, -0.25) is 0 Å². The maximum absolute atomic E-state index is 6.04. The summed E-state index contributed by atoms with van der Waals surface area (Å²) >= 11 is 0. The van der Waals surface area contributed by atoms with Crippen LogP contribution in [0.15, 0.2) is 29.3 Å². The third kappa shape index (κ3) is 7.31. The Kier molecular flexibility index (Phi) is 11.0. The fourth-order valence-electron chi connectivity index (χ4n) is 3.05. The van der Waals surface area contributed by atoms with E-state index < -0.39 is 0 Å². The third-order valence-corrected chi connectivity index (χ3v) is 4.40. The van der Waals surface area contributed by atoms with Crippen LogP contribution in [0.1, 0.15) is 39.2 Å². The number of nitrogens with zero attached hydrogens (tertiary/aromatic N) is 2. The van der Waals surface area contributed by atoms with E-state index in [4.69, 9.17) is 14.5 Å². The molecule has 6 heteroatoms. The van der Waals surface area contributed by atoms with E-state index in [1.807, 2.05) is 18.2 Å². The fraction of sp³-hybridized carbons (Fsp3) is 0.650. The topological polar surface area (TPSA) is 46.1 Å². The molecule has 0 radical (unpaired) electrons. The van der Waals surface area contributed by atoms with Gasteiger partial charge in [0.15, 0.2) is 5.96 Å². The van der Waals surface area contributed by atoms with Gasteiger partial charge in [0.05, 0.1) is 12.6 Å². The number of piperidine rings is 1. The molecule has 1 unspecified atom stereocenters. The summed E-state index contributed by atoms with van der Waals surface area (Å²) in [5.74, 6) is 1.92. The molecule has 0 saturated carbocycles. The standard InChI is InChI=1S/C20H33N3O2.HI/c1-5-21-20(23-13-11-18(12-14-23)24-6-2)22-15-17(4)25-19-10-8-7-9-16(19)3;/h7-10,17-18H,5-6,11-15H2,1-4H3,(H,21,22);1H. The summed E-state index contributed by atoms with van der Waals surface area (Å²) in [7, 11) is 0. The fourth-order valence-corrected chi connectivity index (χ4v) is 3.05. The molecule has 26 heavy (non-hydrogen) atoms. The quantitative estimate of drug-likeness (QED) is 0.370. The van der Waals surface area contributed by atoms with Crippen LogP contribution in [0.25, 0.3) is 0 Å². The lowest BCUT2D eigenvalue weighted by Crippen LogP contribution is -2.47. The van der Waals surface area contributed by atoms with E-state index in [1.54, 1.807) is 0 Å². The first-order valence-corrected chi connectivity index (χ1v) is 9.51. The molecule has 1 aromatic carbocycles. The van der Waals surface area contributed by atoms with Crippen LogP contribution in [0.2, 0.25) is 0 Å². The van der Waals surface area contributed by atoms with E-state index in [0.29, 0.717) is 12.6 Å². The van der Waals surface area contributed by atoms with Crippen LogP contribution in [0.4, 0.5) is 0 Å². The summed E-state index contributed by atoms with van der Waals surface area (Å²) in [4.78, 5) is 7.13. The number of ether oxygens (including phenoxy) is 2. The second kappa shape index (κ2) is 12.4. The maximum Gasteiger partial charge on any atom is 0.194 e. The number of benzene rings is 1. The molecule has 1 aromatic rings. The van der Waals surface area contributed by atoms with Gasteiger partial charge in [-0.1, -0.05) is 18.2 Å². The van der Waals surface area contributed by atoms with Crippen LogP contribution < -0.4 is 10.1 Å². The Bertz CT molecular complexity index is 546. The van der Waals surface area contributed by atoms with Gasteiger partial charge in [-0.05, 0) is 52.2 Å². The van der Waals surface area contributed by atoms with Crippen molar-refractivity contribution in [3.63, 3.8) is 0 Å². The Balaban J connectivity index is 0.00000338. The molecule has 1 heterocycles.